The Morgan fingerprint density at radius 3 is 2.27 bits per heavy atom. The van der Waals surface area contributed by atoms with Crippen LogP contribution in [0.2, 0.25) is 0 Å². The molecule has 0 heterocycles. The summed E-state index contributed by atoms with van der Waals surface area (Å²) in [6.07, 6.45) is 1.92. The van der Waals surface area contributed by atoms with E-state index < -0.39 is 11.6 Å². The minimum absolute atomic E-state index is 0.131. The molecule has 0 radical (unpaired) electrons. The lowest BCUT2D eigenvalue weighted by molar-refractivity contribution is -0.122. The van der Waals surface area contributed by atoms with Crippen LogP contribution in [0.15, 0.2) is 30.3 Å². The molecule has 2 aromatic carbocycles. The van der Waals surface area contributed by atoms with Crippen LogP contribution >= 0.6 is 0 Å². The number of carbonyl (C=O) groups excluding carboxylic acids is 1. The summed E-state index contributed by atoms with van der Waals surface area (Å²) < 4.78 is 43.1. The van der Waals surface area contributed by atoms with Gasteiger partial charge in [-0.15, -0.1) is 0 Å². The molecule has 30 heavy (non-hydrogen) atoms. The molecule has 8 heteroatoms. The molecule has 0 bridgehead atoms. The molecular formula is C22H26F2N2O4. The van der Waals surface area contributed by atoms with E-state index in [4.69, 9.17) is 14.2 Å². The van der Waals surface area contributed by atoms with Crippen molar-refractivity contribution in [3.05, 3.63) is 53.1 Å². The van der Waals surface area contributed by atoms with Crippen LogP contribution in [0.3, 0.4) is 0 Å². The molecule has 1 N–H and O–H groups in total. The zero-order valence-corrected chi connectivity index (χ0v) is 17.3. The Balaban J connectivity index is 1.62. The third-order valence-electron chi connectivity index (χ3n) is 5.01. The summed E-state index contributed by atoms with van der Waals surface area (Å²) in [5, 5.41) is 2.88. The second kappa shape index (κ2) is 9.75. The van der Waals surface area contributed by atoms with Gasteiger partial charge in [0, 0.05) is 30.8 Å². The van der Waals surface area contributed by atoms with Gasteiger partial charge < -0.3 is 19.5 Å². The Morgan fingerprint density at radius 1 is 1.07 bits per heavy atom. The van der Waals surface area contributed by atoms with Crippen LogP contribution in [0.1, 0.15) is 24.0 Å². The Morgan fingerprint density at radius 2 is 1.73 bits per heavy atom. The van der Waals surface area contributed by atoms with E-state index in [0.29, 0.717) is 22.8 Å². The molecule has 3 rings (SSSR count). The number of hydrogen-bond donors (Lipinski definition) is 1. The van der Waals surface area contributed by atoms with Gasteiger partial charge in [0.25, 0.3) is 0 Å². The molecule has 1 saturated carbocycles. The summed E-state index contributed by atoms with van der Waals surface area (Å²) in [7, 11) is 4.59. The largest absolute Gasteiger partial charge is 0.493 e. The number of hydrogen-bond acceptors (Lipinski definition) is 5. The van der Waals surface area contributed by atoms with Gasteiger partial charge in [-0.3, -0.25) is 9.69 Å². The van der Waals surface area contributed by atoms with Crippen molar-refractivity contribution in [1.29, 1.82) is 0 Å². The van der Waals surface area contributed by atoms with E-state index in [-0.39, 0.29) is 31.6 Å². The van der Waals surface area contributed by atoms with Crippen LogP contribution < -0.4 is 19.5 Å². The van der Waals surface area contributed by atoms with E-state index >= 15 is 0 Å². The summed E-state index contributed by atoms with van der Waals surface area (Å²) >= 11 is 0. The van der Waals surface area contributed by atoms with Gasteiger partial charge in [0.15, 0.2) is 11.5 Å². The zero-order valence-electron chi connectivity index (χ0n) is 17.3. The average Bonchev–Trinajstić information content (AvgIpc) is 3.58. The second-order valence-corrected chi connectivity index (χ2v) is 7.18. The van der Waals surface area contributed by atoms with Crippen LogP contribution in [-0.4, -0.2) is 44.7 Å². The fourth-order valence-electron chi connectivity index (χ4n) is 3.30. The molecule has 0 atom stereocenters. The Labute approximate surface area is 174 Å². The Bertz CT molecular complexity index is 878. The molecule has 0 unspecified atom stereocenters. The SMILES string of the molecule is COc1cc(CNC(=O)CN(Cc2ccc(F)cc2F)C2CC2)cc(OC)c1OC. The number of ether oxygens (including phenoxy) is 3. The van der Waals surface area contributed by atoms with Gasteiger partial charge in [-0.2, -0.15) is 0 Å². The first kappa shape index (κ1) is 21.8. The highest BCUT2D eigenvalue weighted by atomic mass is 19.1. The molecule has 1 aliphatic carbocycles. The number of methoxy groups -OCH3 is 3. The smallest absolute Gasteiger partial charge is 0.234 e. The summed E-state index contributed by atoms with van der Waals surface area (Å²) in [5.74, 6) is 0.102. The molecular weight excluding hydrogens is 394 g/mol. The predicted octanol–water partition coefficient (Wildman–Crippen LogP) is 3.27. The van der Waals surface area contributed by atoms with Gasteiger partial charge >= 0.3 is 0 Å². The normalized spacial score (nSPS) is 13.3. The molecule has 1 aliphatic rings. The second-order valence-electron chi connectivity index (χ2n) is 7.18. The number of amides is 1. The highest BCUT2D eigenvalue weighted by Gasteiger charge is 2.30. The van der Waals surface area contributed by atoms with Gasteiger partial charge in [0.2, 0.25) is 11.7 Å². The minimum Gasteiger partial charge on any atom is -0.493 e. The van der Waals surface area contributed by atoms with Crippen molar-refractivity contribution >= 4 is 5.91 Å². The van der Waals surface area contributed by atoms with Crippen molar-refractivity contribution in [2.45, 2.75) is 32.0 Å². The van der Waals surface area contributed by atoms with E-state index in [1.807, 2.05) is 4.90 Å². The van der Waals surface area contributed by atoms with E-state index in [9.17, 15) is 13.6 Å². The lowest BCUT2D eigenvalue weighted by Gasteiger charge is -2.22. The maximum Gasteiger partial charge on any atom is 0.234 e. The van der Waals surface area contributed by atoms with Gasteiger partial charge in [0.1, 0.15) is 11.6 Å². The number of nitrogens with one attached hydrogen (secondary N) is 1. The highest BCUT2D eigenvalue weighted by molar-refractivity contribution is 5.78. The number of rotatable bonds is 10. The van der Waals surface area contributed by atoms with E-state index in [2.05, 4.69) is 5.32 Å². The van der Waals surface area contributed by atoms with Gasteiger partial charge in [-0.1, -0.05) is 6.07 Å². The summed E-state index contributed by atoms with van der Waals surface area (Å²) in [6.45, 7) is 0.666. The fraction of sp³-hybridized carbons (Fsp3) is 0.409. The van der Waals surface area contributed by atoms with Crippen molar-refractivity contribution < 1.29 is 27.8 Å². The maximum atomic E-state index is 14.0. The molecule has 0 spiro atoms. The molecule has 1 fully saturated rings. The van der Waals surface area contributed by atoms with Crippen molar-refractivity contribution in [1.82, 2.24) is 10.2 Å². The van der Waals surface area contributed by atoms with Crippen molar-refractivity contribution in [3.63, 3.8) is 0 Å². The molecule has 0 aliphatic heterocycles. The number of benzene rings is 2. The van der Waals surface area contributed by atoms with Crippen molar-refractivity contribution in [3.8, 4) is 17.2 Å². The molecule has 0 saturated heterocycles. The van der Waals surface area contributed by atoms with Gasteiger partial charge in [-0.25, -0.2) is 8.78 Å². The Hall–Kier alpha value is -2.87. The summed E-state index contributed by atoms with van der Waals surface area (Å²) in [6, 6.07) is 7.30. The lowest BCUT2D eigenvalue weighted by Crippen LogP contribution is -2.38. The van der Waals surface area contributed by atoms with E-state index in [1.54, 1.807) is 12.1 Å². The van der Waals surface area contributed by atoms with E-state index in [1.165, 1.54) is 33.5 Å². The first-order valence-corrected chi connectivity index (χ1v) is 9.68. The third-order valence-corrected chi connectivity index (χ3v) is 5.01. The standard InChI is InChI=1S/C22H26F2N2O4/c1-28-19-8-14(9-20(29-2)22(19)30-3)11-25-21(27)13-26(17-6-7-17)12-15-4-5-16(23)10-18(15)24/h4-5,8-10,17H,6-7,11-13H2,1-3H3,(H,25,27). The first-order valence-electron chi connectivity index (χ1n) is 9.68. The Kier molecular flexibility index (Phi) is 7.10. The van der Waals surface area contributed by atoms with Crippen LogP contribution in [0.4, 0.5) is 8.78 Å². The predicted molar refractivity (Wildman–Crippen MR) is 108 cm³/mol. The maximum absolute atomic E-state index is 14.0. The quantitative estimate of drug-likeness (QED) is 0.639. The molecule has 1 amide bonds. The highest BCUT2D eigenvalue weighted by Crippen LogP contribution is 2.38. The zero-order chi connectivity index (χ0) is 21.7. The number of carbonyl (C=O) groups is 1. The molecule has 162 valence electrons. The third kappa shape index (κ3) is 5.38. The van der Waals surface area contributed by atoms with Gasteiger partial charge in [-0.05, 0) is 36.6 Å². The van der Waals surface area contributed by atoms with Crippen LogP contribution in [-0.2, 0) is 17.9 Å². The van der Waals surface area contributed by atoms with Crippen LogP contribution in [0.25, 0.3) is 0 Å². The number of nitrogens with zero attached hydrogens (tertiary/aromatic N) is 1. The topological polar surface area (TPSA) is 60.0 Å². The fourth-order valence-corrected chi connectivity index (χ4v) is 3.30. The number of halogens is 2. The lowest BCUT2D eigenvalue weighted by atomic mass is 10.1. The first-order chi connectivity index (χ1) is 14.4. The molecule has 2 aromatic rings. The van der Waals surface area contributed by atoms with E-state index in [0.717, 1.165) is 24.5 Å². The minimum atomic E-state index is -0.614. The van der Waals surface area contributed by atoms with Crippen molar-refractivity contribution in [2.24, 2.45) is 0 Å². The van der Waals surface area contributed by atoms with Crippen LogP contribution in [0, 0.1) is 11.6 Å². The van der Waals surface area contributed by atoms with Crippen molar-refractivity contribution in [2.75, 3.05) is 27.9 Å². The van der Waals surface area contributed by atoms with Crippen LogP contribution in [0.5, 0.6) is 17.2 Å². The molecule has 6 nitrogen and oxygen atoms in total. The monoisotopic (exact) mass is 420 g/mol. The summed E-state index contributed by atoms with van der Waals surface area (Å²) in [5.41, 5.74) is 1.17. The average molecular weight is 420 g/mol. The summed E-state index contributed by atoms with van der Waals surface area (Å²) in [4.78, 5) is 14.4. The van der Waals surface area contributed by atoms with Gasteiger partial charge in [0.05, 0.1) is 27.9 Å². The molecule has 0 aromatic heterocycles.